The first-order valence-corrected chi connectivity index (χ1v) is 6.90. The molecule has 0 bridgehead atoms. The summed E-state index contributed by atoms with van der Waals surface area (Å²) in [7, 11) is 0. The smallest absolute Gasteiger partial charge is 0.123 e. The highest BCUT2D eigenvalue weighted by Gasteiger charge is 2.25. The van der Waals surface area contributed by atoms with E-state index in [1.807, 2.05) is 0 Å². The molecular formula is C15H21NO. The van der Waals surface area contributed by atoms with Crippen LogP contribution in [0, 0.1) is 0 Å². The predicted octanol–water partition coefficient (Wildman–Crippen LogP) is 2.91. The number of hydrogen-bond acceptors (Lipinski definition) is 2. The van der Waals surface area contributed by atoms with Crippen molar-refractivity contribution in [2.45, 2.75) is 50.7 Å². The first-order valence-electron chi connectivity index (χ1n) is 6.90. The van der Waals surface area contributed by atoms with Gasteiger partial charge in [0.2, 0.25) is 0 Å². The minimum absolute atomic E-state index is 0.392. The Kier molecular flexibility index (Phi) is 3.32. The SMILES string of the molecule is c1ccc2c(c1)CC(CC1CCCCCN1)O2. The van der Waals surface area contributed by atoms with Crippen LogP contribution in [0.25, 0.3) is 0 Å². The maximum atomic E-state index is 6.01. The normalized spacial score (nSPS) is 28.2. The molecule has 2 atom stereocenters. The molecule has 1 aromatic carbocycles. The quantitative estimate of drug-likeness (QED) is 0.845. The standard InChI is InChI=1S/C15H21NO/c1-2-7-13(16-9-5-1)11-14-10-12-6-3-4-8-15(12)17-14/h3-4,6,8,13-14,16H,1-2,5,7,9-11H2. The average Bonchev–Trinajstić information content (AvgIpc) is 2.57. The van der Waals surface area contributed by atoms with Crippen molar-refractivity contribution in [3.63, 3.8) is 0 Å². The topological polar surface area (TPSA) is 21.3 Å². The van der Waals surface area contributed by atoms with Crippen LogP contribution in [0.15, 0.2) is 24.3 Å². The molecule has 2 heteroatoms. The second-order valence-electron chi connectivity index (χ2n) is 5.29. The van der Waals surface area contributed by atoms with Crippen LogP contribution < -0.4 is 10.1 Å². The Morgan fingerprint density at radius 2 is 2.12 bits per heavy atom. The van der Waals surface area contributed by atoms with E-state index >= 15 is 0 Å². The van der Waals surface area contributed by atoms with E-state index in [0.717, 1.165) is 18.6 Å². The lowest BCUT2D eigenvalue weighted by Gasteiger charge is -2.19. The van der Waals surface area contributed by atoms with Crippen LogP contribution in [0.3, 0.4) is 0 Å². The molecule has 1 aromatic rings. The third-order valence-electron chi connectivity index (χ3n) is 3.92. The van der Waals surface area contributed by atoms with Crippen LogP contribution in [0.5, 0.6) is 5.75 Å². The van der Waals surface area contributed by atoms with Crippen LogP contribution in [-0.4, -0.2) is 18.7 Å². The molecule has 2 heterocycles. The van der Waals surface area contributed by atoms with Crippen molar-refractivity contribution in [1.29, 1.82) is 0 Å². The molecule has 0 aliphatic carbocycles. The zero-order valence-corrected chi connectivity index (χ0v) is 10.3. The molecule has 1 N–H and O–H groups in total. The molecule has 2 unspecified atom stereocenters. The monoisotopic (exact) mass is 231 g/mol. The number of fused-ring (bicyclic) bond motifs is 1. The Morgan fingerprint density at radius 3 is 3.06 bits per heavy atom. The zero-order valence-electron chi connectivity index (χ0n) is 10.3. The van der Waals surface area contributed by atoms with Crippen molar-refractivity contribution in [2.24, 2.45) is 0 Å². The number of para-hydroxylation sites is 1. The van der Waals surface area contributed by atoms with Gasteiger partial charge < -0.3 is 10.1 Å². The van der Waals surface area contributed by atoms with E-state index in [4.69, 9.17) is 4.74 Å². The van der Waals surface area contributed by atoms with Gasteiger partial charge in [-0.2, -0.15) is 0 Å². The highest BCUT2D eigenvalue weighted by Crippen LogP contribution is 2.30. The van der Waals surface area contributed by atoms with Crippen molar-refractivity contribution < 1.29 is 4.74 Å². The minimum Gasteiger partial charge on any atom is -0.490 e. The van der Waals surface area contributed by atoms with Gasteiger partial charge in [0.05, 0.1) is 0 Å². The lowest BCUT2D eigenvalue weighted by atomic mass is 10.0. The number of ether oxygens (including phenoxy) is 1. The summed E-state index contributed by atoms with van der Waals surface area (Å²) in [5, 5.41) is 3.66. The molecule has 0 spiro atoms. The van der Waals surface area contributed by atoms with Crippen molar-refractivity contribution in [3.8, 4) is 5.75 Å². The lowest BCUT2D eigenvalue weighted by molar-refractivity contribution is 0.200. The molecule has 3 rings (SSSR count). The van der Waals surface area contributed by atoms with Gasteiger partial charge in [0, 0.05) is 12.5 Å². The summed E-state index contributed by atoms with van der Waals surface area (Å²) in [6, 6.07) is 9.11. The average molecular weight is 231 g/mol. The van der Waals surface area contributed by atoms with E-state index in [-0.39, 0.29) is 0 Å². The number of rotatable bonds is 2. The van der Waals surface area contributed by atoms with E-state index in [0.29, 0.717) is 12.1 Å². The summed E-state index contributed by atoms with van der Waals surface area (Å²) in [6.07, 6.45) is 8.05. The highest BCUT2D eigenvalue weighted by molar-refractivity contribution is 5.37. The summed E-state index contributed by atoms with van der Waals surface area (Å²) in [6.45, 7) is 1.18. The Labute approximate surface area is 103 Å². The maximum Gasteiger partial charge on any atom is 0.123 e. The number of hydrogen-bond donors (Lipinski definition) is 1. The summed E-state index contributed by atoms with van der Waals surface area (Å²) >= 11 is 0. The van der Waals surface area contributed by atoms with Gasteiger partial charge in [-0.1, -0.05) is 31.0 Å². The Hall–Kier alpha value is -1.02. The van der Waals surface area contributed by atoms with Gasteiger partial charge in [0.25, 0.3) is 0 Å². The van der Waals surface area contributed by atoms with E-state index in [2.05, 4.69) is 29.6 Å². The summed E-state index contributed by atoms with van der Waals surface area (Å²) in [5.41, 5.74) is 1.38. The first-order chi connectivity index (χ1) is 8.42. The molecule has 0 aromatic heterocycles. The third kappa shape index (κ3) is 2.63. The molecule has 0 amide bonds. The van der Waals surface area contributed by atoms with Crippen LogP contribution in [-0.2, 0) is 6.42 Å². The molecule has 0 radical (unpaired) electrons. The molecular weight excluding hydrogens is 210 g/mol. The van der Waals surface area contributed by atoms with E-state index in [1.165, 1.54) is 37.8 Å². The fraction of sp³-hybridized carbons (Fsp3) is 0.600. The first kappa shape index (κ1) is 11.1. The minimum atomic E-state index is 0.392. The largest absolute Gasteiger partial charge is 0.490 e. The van der Waals surface area contributed by atoms with Gasteiger partial charge in [-0.3, -0.25) is 0 Å². The summed E-state index contributed by atoms with van der Waals surface area (Å²) < 4.78 is 6.01. The Balaban J connectivity index is 1.57. The molecule has 92 valence electrons. The summed E-state index contributed by atoms with van der Waals surface area (Å²) in [4.78, 5) is 0. The highest BCUT2D eigenvalue weighted by atomic mass is 16.5. The van der Waals surface area contributed by atoms with Gasteiger partial charge >= 0.3 is 0 Å². The van der Waals surface area contributed by atoms with Gasteiger partial charge in [-0.15, -0.1) is 0 Å². The van der Waals surface area contributed by atoms with Crippen LogP contribution in [0.1, 0.15) is 37.7 Å². The van der Waals surface area contributed by atoms with Crippen LogP contribution in [0.4, 0.5) is 0 Å². The molecule has 1 saturated heterocycles. The maximum absolute atomic E-state index is 6.01. The van der Waals surface area contributed by atoms with E-state index < -0.39 is 0 Å². The second kappa shape index (κ2) is 5.09. The predicted molar refractivity (Wildman–Crippen MR) is 69.4 cm³/mol. The summed E-state index contributed by atoms with van der Waals surface area (Å²) in [5.74, 6) is 1.10. The van der Waals surface area contributed by atoms with Crippen molar-refractivity contribution in [3.05, 3.63) is 29.8 Å². The Morgan fingerprint density at radius 1 is 1.18 bits per heavy atom. The number of nitrogens with one attached hydrogen (secondary N) is 1. The van der Waals surface area contributed by atoms with E-state index in [9.17, 15) is 0 Å². The fourth-order valence-corrected chi connectivity index (χ4v) is 3.00. The van der Waals surface area contributed by atoms with E-state index in [1.54, 1.807) is 0 Å². The van der Waals surface area contributed by atoms with Crippen LogP contribution >= 0.6 is 0 Å². The van der Waals surface area contributed by atoms with Gasteiger partial charge in [-0.25, -0.2) is 0 Å². The molecule has 2 aliphatic heterocycles. The molecule has 0 saturated carbocycles. The second-order valence-corrected chi connectivity index (χ2v) is 5.29. The molecule has 2 nitrogen and oxygen atoms in total. The van der Waals surface area contributed by atoms with Crippen molar-refractivity contribution >= 4 is 0 Å². The van der Waals surface area contributed by atoms with Crippen LogP contribution in [0.2, 0.25) is 0 Å². The van der Waals surface area contributed by atoms with Crippen molar-refractivity contribution in [2.75, 3.05) is 6.54 Å². The van der Waals surface area contributed by atoms with Crippen molar-refractivity contribution in [1.82, 2.24) is 5.32 Å². The molecule has 2 aliphatic rings. The fourth-order valence-electron chi connectivity index (χ4n) is 3.00. The van der Waals surface area contributed by atoms with Gasteiger partial charge in [0.1, 0.15) is 11.9 Å². The van der Waals surface area contributed by atoms with Gasteiger partial charge in [0.15, 0.2) is 0 Å². The Bertz CT molecular complexity index is 344. The zero-order chi connectivity index (χ0) is 11.5. The third-order valence-corrected chi connectivity index (χ3v) is 3.92. The lowest BCUT2D eigenvalue weighted by Crippen LogP contribution is -2.33. The molecule has 1 fully saturated rings. The van der Waals surface area contributed by atoms with Gasteiger partial charge in [-0.05, 0) is 37.4 Å². The number of benzene rings is 1. The molecule has 17 heavy (non-hydrogen) atoms.